The van der Waals surface area contributed by atoms with Gasteiger partial charge in [0.2, 0.25) is 0 Å². The topological polar surface area (TPSA) is 42.5 Å². The minimum absolute atomic E-state index is 0.138. The van der Waals surface area contributed by atoms with Crippen molar-refractivity contribution in [3.8, 4) is 11.5 Å². The van der Waals surface area contributed by atoms with Crippen LogP contribution < -0.4 is 20.1 Å². The number of rotatable bonds is 8. The van der Waals surface area contributed by atoms with E-state index in [-0.39, 0.29) is 12.1 Å². The first-order valence-corrected chi connectivity index (χ1v) is 9.76. The fourth-order valence-corrected chi connectivity index (χ4v) is 3.06. The van der Waals surface area contributed by atoms with Gasteiger partial charge in [-0.1, -0.05) is 26.0 Å². The molecule has 0 fully saturated rings. The van der Waals surface area contributed by atoms with E-state index in [1.54, 1.807) is 7.11 Å². The molecule has 0 saturated heterocycles. The van der Waals surface area contributed by atoms with Gasteiger partial charge < -0.3 is 20.1 Å². The lowest BCUT2D eigenvalue weighted by atomic mass is 9.97. The summed E-state index contributed by atoms with van der Waals surface area (Å²) in [4.78, 5) is 0. The Labute approximate surface area is 168 Å². The second-order valence-corrected chi connectivity index (χ2v) is 7.65. The molecule has 2 aromatic rings. The molecule has 2 aromatic carbocycles. The average Bonchev–Trinajstić information content (AvgIpc) is 2.62. The maximum atomic E-state index is 5.67. The van der Waals surface area contributed by atoms with Crippen LogP contribution in [-0.4, -0.2) is 18.3 Å². The largest absolute Gasteiger partial charge is 0.497 e. The molecule has 1 atom stereocenters. The Bertz CT molecular complexity index is 712. The molecule has 0 heterocycles. The molecule has 0 spiro atoms. The van der Waals surface area contributed by atoms with Crippen molar-refractivity contribution in [2.45, 2.75) is 46.3 Å². The van der Waals surface area contributed by atoms with E-state index in [0.29, 0.717) is 11.0 Å². The zero-order chi connectivity index (χ0) is 19.8. The number of hydrogen-bond donors (Lipinski definition) is 2. The molecule has 0 aliphatic heterocycles. The van der Waals surface area contributed by atoms with Gasteiger partial charge in [-0.15, -0.1) is 0 Å². The minimum Gasteiger partial charge on any atom is -0.497 e. The monoisotopic (exact) mass is 386 g/mol. The van der Waals surface area contributed by atoms with Crippen LogP contribution in [0.15, 0.2) is 48.5 Å². The fraction of sp³-hybridized carbons (Fsp3) is 0.409. The summed E-state index contributed by atoms with van der Waals surface area (Å²) in [7, 11) is 1.68. The maximum absolute atomic E-state index is 5.67. The Balaban J connectivity index is 2.02. The van der Waals surface area contributed by atoms with Crippen LogP contribution in [0.2, 0.25) is 0 Å². The Morgan fingerprint density at radius 1 is 0.926 bits per heavy atom. The van der Waals surface area contributed by atoms with Crippen molar-refractivity contribution in [3.63, 3.8) is 0 Å². The van der Waals surface area contributed by atoms with Gasteiger partial charge in [-0.3, -0.25) is 0 Å². The summed E-state index contributed by atoms with van der Waals surface area (Å²) in [6.45, 7) is 8.45. The van der Waals surface area contributed by atoms with Gasteiger partial charge >= 0.3 is 0 Å². The third kappa shape index (κ3) is 7.10. The van der Waals surface area contributed by atoms with Gasteiger partial charge in [-0.05, 0) is 80.4 Å². The minimum atomic E-state index is 0.138. The fourth-order valence-electron chi connectivity index (χ4n) is 2.80. The molecule has 0 aliphatic carbocycles. The molecule has 2 rings (SSSR count). The normalized spacial score (nSPS) is 12.0. The third-order valence-electron chi connectivity index (χ3n) is 4.01. The number of benzene rings is 2. The number of hydrogen-bond acceptors (Lipinski definition) is 3. The molecule has 2 N–H and O–H groups in total. The smallest absolute Gasteiger partial charge is 0.171 e. The predicted octanol–water partition coefficient (Wildman–Crippen LogP) is 5.56. The predicted molar refractivity (Wildman–Crippen MR) is 117 cm³/mol. The van der Waals surface area contributed by atoms with Gasteiger partial charge in [0.1, 0.15) is 11.5 Å². The molecule has 27 heavy (non-hydrogen) atoms. The lowest BCUT2D eigenvalue weighted by Crippen LogP contribution is -2.33. The van der Waals surface area contributed by atoms with Crippen molar-refractivity contribution in [1.29, 1.82) is 0 Å². The molecule has 5 heteroatoms. The van der Waals surface area contributed by atoms with E-state index >= 15 is 0 Å². The Kier molecular flexibility index (Phi) is 7.92. The van der Waals surface area contributed by atoms with Gasteiger partial charge in [0.05, 0.1) is 19.3 Å². The lowest BCUT2D eigenvalue weighted by Gasteiger charge is -2.23. The molecule has 4 nitrogen and oxygen atoms in total. The van der Waals surface area contributed by atoms with Crippen molar-refractivity contribution in [3.05, 3.63) is 54.1 Å². The summed E-state index contributed by atoms with van der Waals surface area (Å²) < 4.78 is 10.9. The second-order valence-electron chi connectivity index (χ2n) is 7.24. The molecule has 0 aromatic heterocycles. The van der Waals surface area contributed by atoms with E-state index in [0.717, 1.165) is 23.6 Å². The quantitative estimate of drug-likeness (QED) is 0.582. The van der Waals surface area contributed by atoms with Crippen LogP contribution in [-0.2, 0) is 0 Å². The highest BCUT2D eigenvalue weighted by molar-refractivity contribution is 7.80. The Morgan fingerprint density at radius 3 is 2.04 bits per heavy atom. The highest BCUT2D eigenvalue weighted by atomic mass is 32.1. The molecular formula is C22H30N2O2S. The average molecular weight is 387 g/mol. The first-order chi connectivity index (χ1) is 12.9. The van der Waals surface area contributed by atoms with E-state index in [9.17, 15) is 0 Å². The van der Waals surface area contributed by atoms with Crippen LogP contribution in [0.4, 0.5) is 5.69 Å². The lowest BCUT2D eigenvalue weighted by molar-refractivity contribution is 0.242. The Morgan fingerprint density at radius 2 is 1.52 bits per heavy atom. The Hall–Kier alpha value is -2.27. The van der Waals surface area contributed by atoms with Gasteiger partial charge in [0, 0.05) is 5.69 Å². The summed E-state index contributed by atoms with van der Waals surface area (Å²) in [5, 5.41) is 7.31. The number of methoxy groups -OCH3 is 1. The zero-order valence-corrected chi connectivity index (χ0v) is 17.6. The zero-order valence-electron chi connectivity index (χ0n) is 16.8. The first-order valence-electron chi connectivity index (χ1n) is 9.35. The second kappa shape index (κ2) is 10.2. The van der Waals surface area contributed by atoms with E-state index in [1.807, 2.05) is 50.2 Å². The molecule has 0 amide bonds. The number of thiocarbonyl (C=S) groups is 1. The van der Waals surface area contributed by atoms with Crippen LogP contribution in [0, 0.1) is 5.92 Å². The molecule has 0 aliphatic rings. The van der Waals surface area contributed by atoms with Crippen LogP contribution >= 0.6 is 12.2 Å². The summed E-state index contributed by atoms with van der Waals surface area (Å²) in [6, 6.07) is 16.1. The summed E-state index contributed by atoms with van der Waals surface area (Å²) >= 11 is 5.54. The summed E-state index contributed by atoms with van der Waals surface area (Å²) in [5.41, 5.74) is 2.12. The maximum Gasteiger partial charge on any atom is 0.171 e. The van der Waals surface area contributed by atoms with Crippen molar-refractivity contribution in [2.75, 3.05) is 12.4 Å². The molecule has 0 radical (unpaired) electrons. The van der Waals surface area contributed by atoms with Crippen LogP contribution in [0.1, 0.15) is 45.7 Å². The van der Waals surface area contributed by atoms with Gasteiger partial charge in [-0.2, -0.15) is 0 Å². The number of nitrogens with one attached hydrogen (secondary N) is 2. The van der Waals surface area contributed by atoms with Crippen LogP contribution in [0.5, 0.6) is 11.5 Å². The van der Waals surface area contributed by atoms with Crippen molar-refractivity contribution in [2.24, 2.45) is 5.92 Å². The van der Waals surface area contributed by atoms with Crippen molar-refractivity contribution < 1.29 is 9.47 Å². The van der Waals surface area contributed by atoms with E-state index in [2.05, 4.69) is 36.6 Å². The molecule has 0 bridgehead atoms. The third-order valence-corrected chi connectivity index (χ3v) is 4.23. The summed E-state index contributed by atoms with van der Waals surface area (Å²) in [5.74, 6) is 2.25. The van der Waals surface area contributed by atoms with Crippen molar-refractivity contribution in [1.82, 2.24) is 5.32 Å². The molecular weight excluding hydrogens is 356 g/mol. The van der Waals surface area contributed by atoms with Crippen molar-refractivity contribution >= 4 is 23.0 Å². The first kappa shape index (κ1) is 21.0. The molecule has 0 unspecified atom stereocenters. The van der Waals surface area contributed by atoms with Crippen LogP contribution in [0.25, 0.3) is 0 Å². The molecule has 0 saturated carbocycles. The highest BCUT2D eigenvalue weighted by Gasteiger charge is 2.15. The van der Waals surface area contributed by atoms with E-state index in [1.165, 1.54) is 5.56 Å². The van der Waals surface area contributed by atoms with Gasteiger partial charge in [0.25, 0.3) is 0 Å². The number of ether oxygens (including phenoxy) is 2. The highest BCUT2D eigenvalue weighted by Crippen LogP contribution is 2.24. The standard InChI is InChI=1S/C22H30N2O2S/c1-15(2)14-21(17-6-10-19(25-5)11-7-17)24-22(27)23-18-8-12-20(13-9-18)26-16(3)4/h6-13,15-16,21H,14H2,1-5H3,(H2,23,24,27)/t21-/m0/s1. The SMILES string of the molecule is COc1ccc([C@H](CC(C)C)NC(=S)Nc2ccc(OC(C)C)cc2)cc1. The van der Waals surface area contributed by atoms with Gasteiger partial charge in [-0.25, -0.2) is 0 Å². The summed E-state index contributed by atoms with van der Waals surface area (Å²) in [6.07, 6.45) is 1.14. The van der Waals surface area contributed by atoms with E-state index < -0.39 is 0 Å². The molecule has 146 valence electrons. The van der Waals surface area contributed by atoms with E-state index in [4.69, 9.17) is 21.7 Å². The van der Waals surface area contributed by atoms with Gasteiger partial charge in [0.15, 0.2) is 5.11 Å². The number of anilines is 1. The van der Waals surface area contributed by atoms with Crippen LogP contribution in [0.3, 0.4) is 0 Å².